The highest BCUT2D eigenvalue weighted by atomic mass is 79.9. The van der Waals surface area contributed by atoms with Crippen LogP contribution in [0.1, 0.15) is 31.8 Å². The lowest BCUT2D eigenvalue weighted by Crippen LogP contribution is -2.17. The highest BCUT2D eigenvalue weighted by Gasteiger charge is 2.13. The number of carbonyl (C=O) groups is 2. The van der Waals surface area contributed by atoms with Crippen molar-refractivity contribution >= 4 is 45.6 Å². The van der Waals surface area contributed by atoms with E-state index >= 15 is 0 Å². The summed E-state index contributed by atoms with van der Waals surface area (Å²) in [6, 6.07) is 18.8. The Morgan fingerprint density at radius 1 is 1.07 bits per heavy atom. The minimum atomic E-state index is -0.469. The Morgan fingerprint density at radius 2 is 1.86 bits per heavy atom. The molecule has 0 aliphatic heterocycles. The van der Waals surface area contributed by atoms with Gasteiger partial charge in [0, 0.05) is 20.6 Å². The molecule has 5 nitrogen and oxygen atoms in total. The number of aryl methyl sites for hydroxylation is 1. The molecule has 3 rings (SSSR count). The highest BCUT2D eigenvalue weighted by Crippen LogP contribution is 2.23. The molecule has 0 spiro atoms. The van der Waals surface area contributed by atoms with Crippen molar-refractivity contribution in [3.63, 3.8) is 0 Å². The molecule has 0 aromatic heterocycles. The van der Waals surface area contributed by atoms with Crippen LogP contribution < -0.4 is 10.2 Å². The van der Waals surface area contributed by atoms with Crippen molar-refractivity contribution in [3.05, 3.63) is 98.5 Å². The smallest absolute Gasteiger partial charge is 0.343 e. The molecule has 1 amide bonds. The fraction of sp³-hybridized carbons (Fsp3) is 0.0455. The van der Waals surface area contributed by atoms with Crippen LogP contribution in [0, 0.1) is 6.92 Å². The molecule has 1 N–H and O–H groups in total. The zero-order valence-electron chi connectivity index (χ0n) is 15.4. The van der Waals surface area contributed by atoms with Crippen molar-refractivity contribution in [2.24, 2.45) is 5.10 Å². The standard InChI is InChI=1S/C22H16BrClN2O3/c1-14-5-2-3-8-19(14)22(28)29-20-10-9-17(23)11-16(20)13-25-26-21(27)15-6-4-7-18(24)12-15/h2-13H,1H3,(H,26,27)/b25-13+. The number of hydrogen-bond donors (Lipinski definition) is 1. The lowest BCUT2D eigenvalue weighted by atomic mass is 10.1. The molecule has 0 atom stereocenters. The molecule has 29 heavy (non-hydrogen) atoms. The SMILES string of the molecule is Cc1ccccc1C(=O)Oc1ccc(Br)cc1/C=N/NC(=O)c1cccc(Cl)c1. The molecular formula is C22H16BrClN2O3. The zero-order chi connectivity index (χ0) is 20.8. The van der Waals surface area contributed by atoms with Crippen molar-refractivity contribution in [2.75, 3.05) is 0 Å². The van der Waals surface area contributed by atoms with Gasteiger partial charge in [-0.3, -0.25) is 4.79 Å². The third-order valence-electron chi connectivity index (χ3n) is 4.00. The second-order valence-electron chi connectivity index (χ2n) is 6.10. The molecule has 7 heteroatoms. The minimum absolute atomic E-state index is 0.321. The van der Waals surface area contributed by atoms with Crippen LogP contribution in [0.3, 0.4) is 0 Å². The van der Waals surface area contributed by atoms with Gasteiger partial charge in [-0.05, 0) is 55.0 Å². The molecular weight excluding hydrogens is 456 g/mol. The van der Waals surface area contributed by atoms with E-state index in [0.717, 1.165) is 10.0 Å². The first kappa shape index (κ1) is 20.8. The van der Waals surface area contributed by atoms with Crippen LogP contribution in [-0.4, -0.2) is 18.1 Å². The van der Waals surface area contributed by atoms with Gasteiger partial charge in [0.05, 0.1) is 11.8 Å². The fourth-order valence-corrected chi connectivity index (χ4v) is 3.09. The summed E-state index contributed by atoms with van der Waals surface area (Å²) in [5.74, 6) is -0.553. The van der Waals surface area contributed by atoms with Crippen LogP contribution >= 0.6 is 27.5 Å². The average molecular weight is 472 g/mol. The van der Waals surface area contributed by atoms with Crippen molar-refractivity contribution < 1.29 is 14.3 Å². The molecule has 0 bridgehead atoms. The molecule has 3 aromatic carbocycles. The van der Waals surface area contributed by atoms with E-state index in [2.05, 4.69) is 26.5 Å². The number of ether oxygens (including phenoxy) is 1. The second kappa shape index (κ2) is 9.49. The van der Waals surface area contributed by atoms with Gasteiger partial charge in [0.1, 0.15) is 5.75 Å². The number of esters is 1. The predicted molar refractivity (Wildman–Crippen MR) is 117 cm³/mol. The van der Waals surface area contributed by atoms with Gasteiger partial charge < -0.3 is 4.74 Å². The summed E-state index contributed by atoms with van der Waals surface area (Å²) in [6.45, 7) is 1.84. The van der Waals surface area contributed by atoms with Crippen molar-refractivity contribution in [1.82, 2.24) is 5.43 Å². The van der Waals surface area contributed by atoms with E-state index in [1.54, 1.807) is 54.6 Å². The first-order valence-electron chi connectivity index (χ1n) is 8.60. The molecule has 0 aliphatic carbocycles. The molecule has 146 valence electrons. The number of amides is 1. The molecule has 3 aromatic rings. The van der Waals surface area contributed by atoms with Crippen molar-refractivity contribution in [2.45, 2.75) is 6.92 Å². The van der Waals surface area contributed by atoms with Gasteiger partial charge in [-0.25, -0.2) is 10.2 Å². The largest absolute Gasteiger partial charge is 0.422 e. The molecule has 0 heterocycles. The van der Waals surface area contributed by atoms with E-state index < -0.39 is 11.9 Å². The molecule has 0 fully saturated rings. The normalized spacial score (nSPS) is 10.7. The number of halogens is 2. The third kappa shape index (κ3) is 5.53. The number of benzene rings is 3. The second-order valence-corrected chi connectivity index (χ2v) is 7.45. The third-order valence-corrected chi connectivity index (χ3v) is 4.72. The van der Waals surface area contributed by atoms with Crippen LogP contribution in [0.25, 0.3) is 0 Å². The van der Waals surface area contributed by atoms with Gasteiger partial charge in [0.25, 0.3) is 5.91 Å². The van der Waals surface area contributed by atoms with Crippen molar-refractivity contribution in [1.29, 1.82) is 0 Å². The first-order chi connectivity index (χ1) is 13.9. The topological polar surface area (TPSA) is 67.8 Å². The minimum Gasteiger partial charge on any atom is -0.422 e. The van der Waals surface area contributed by atoms with Crippen LogP contribution in [0.2, 0.25) is 5.02 Å². The zero-order valence-corrected chi connectivity index (χ0v) is 17.7. The lowest BCUT2D eigenvalue weighted by Gasteiger charge is -2.09. The molecule has 0 unspecified atom stereocenters. The van der Waals surface area contributed by atoms with E-state index in [-0.39, 0.29) is 0 Å². The summed E-state index contributed by atoms with van der Waals surface area (Å²) >= 11 is 9.28. The van der Waals surface area contributed by atoms with E-state index in [0.29, 0.717) is 27.5 Å². The van der Waals surface area contributed by atoms with Crippen molar-refractivity contribution in [3.8, 4) is 5.75 Å². The number of nitrogens with zero attached hydrogens (tertiary/aromatic N) is 1. The highest BCUT2D eigenvalue weighted by molar-refractivity contribution is 9.10. The summed E-state index contributed by atoms with van der Waals surface area (Å²) in [7, 11) is 0. The Bertz CT molecular complexity index is 1100. The van der Waals surface area contributed by atoms with Gasteiger partial charge in [-0.2, -0.15) is 5.10 Å². The molecule has 0 saturated heterocycles. The Hall–Kier alpha value is -2.96. The van der Waals surface area contributed by atoms with E-state index in [9.17, 15) is 9.59 Å². The quantitative estimate of drug-likeness (QED) is 0.235. The summed E-state index contributed by atoms with van der Waals surface area (Å²) in [6.07, 6.45) is 1.41. The molecule has 0 aliphatic rings. The maximum Gasteiger partial charge on any atom is 0.343 e. The summed E-state index contributed by atoms with van der Waals surface area (Å²) < 4.78 is 6.32. The van der Waals surface area contributed by atoms with Gasteiger partial charge in [-0.15, -0.1) is 0 Å². The summed E-state index contributed by atoms with van der Waals surface area (Å²) in [4.78, 5) is 24.7. The van der Waals surface area contributed by atoms with Gasteiger partial charge >= 0.3 is 5.97 Å². The maximum atomic E-state index is 12.5. The van der Waals surface area contributed by atoms with Crippen LogP contribution in [-0.2, 0) is 0 Å². The Morgan fingerprint density at radius 3 is 2.62 bits per heavy atom. The van der Waals surface area contributed by atoms with E-state index in [4.69, 9.17) is 16.3 Å². The number of hydrazone groups is 1. The van der Waals surface area contributed by atoms with Crippen LogP contribution in [0.15, 0.2) is 76.3 Å². The summed E-state index contributed by atoms with van der Waals surface area (Å²) in [5, 5.41) is 4.42. The number of hydrogen-bond acceptors (Lipinski definition) is 4. The van der Waals surface area contributed by atoms with E-state index in [1.807, 2.05) is 19.1 Å². The predicted octanol–water partition coefficient (Wildman–Crippen LogP) is 5.39. The summed E-state index contributed by atoms with van der Waals surface area (Å²) in [5.41, 5.74) is 4.63. The monoisotopic (exact) mass is 470 g/mol. The van der Waals surface area contributed by atoms with Gasteiger partial charge in [0.15, 0.2) is 0 Å². The van der Waals surface area contributed by atoms with Gasteiger partial charge in [-0.1, -0.05) is 51.8 Å². The van der Waals surface area contributed by atoms with Crippen LogP contribution in [0.5, 0.6) is 5.75 Å². The van der Waals surface area contributed by atoms with E-state index in [1.165, 1.54) is 6.21 Å². The molecule has 0 radical (unpaired) electrons. The van der Waals surface area contributed by atoms with Crippen LogP contribution in [0.4, 0.5) is 0 Å². The maximum absolute atomic E-state index is 12.5. The number of carbonyl (C=O) groups excluding carboxylic acids is 2. The number of rotatable bonds is 5. The Labute approximate surface area is 181 Å². The molecule has 0 saturated carbocycles. The first-order valence-corrected chi connectivity index (χ1v) is 9.77. The average Bonchev–Trinajstić information content (AvgIpc) is 2.70. The Kier molecular flexibility index (Phi) is 6.80. The fourth-order valence-electron chi connectivity index (χ4n) is 2.52. The lowest BCUT2D eigenvalue weighted by molar-refractivity contribution is 0.0733. The Balaban J connectivity index is 1.76. The van der Waals surface area contributed by atoms with Gasteiger partial charge in [0.2, 0.25) is 0 Å². The number of nitrogens with one attached hydrogen (secondary N) is 1.